The molecule has 0 aliphatic carbocycles. The summed E-state index contributed by atoms with van der Waals surface area (Å²) < 4.78 is 32.1. The van der Waals surface area contributed by atoms with Crippen molar-refractivity contribution in [1.82, 2.24) is 9.21 Å². The number of esters is 1. The average Bonchev–Trinajstić information content (AvgIpc) is 2.74. The molecular formula is C22H26N2O5S. The van der Waals surface area contributed by atoms with Crippen LogP contribution in [0.1, 0.15) is 27.0 Å². The number of hydrogen-bond donors (Lipinski definition) is 0. The minimum atomic E-state index is -3.59. The molecule has 8 heteroatoms. The quantitative estimate of drug-likeness (QED) is 0.680. The molecule has 0 spiro atoms. The van der Waals surface area contributed by atoms with E-state index in [1.807, 2.05) is 26.8 Å². The van der Waals surface area contributed by atoms with Crippen molar-refractivity contribution in [2.45, 2.75) is 25.7 Å². The molecule has 160 valence electrons. The first-order chi connectivity index (χ1) is 14.2. The molecule has 0 radical (unpaired) electrons. The Bertz CT molecular complexity index is 1040. The molecule has 0 N–H and O–H groups in total. The average molecular weight is 431 g/mol. The molecule has 0 unspecified atom stereocenters. The van der Waals surface area contributed by atoms with E-state index in [2.05, 4.69) is 0 Å². The van der Waals surface area contributed by atoms with Gasteiger partial charge in [-0.15, -0.1) is 0 Å². The summed E-state index contributed by atoms with van der Waals surface area (Å²) in [5.74, 6) is -0.869. The van der Waals surface area contributed by atoms with Crippen LogP contribution in [0.4, 0.5) is 0 Å². The van der Waals surface area contributed by atoms with Crippen molar-refractivity contribution < 1.29 is 22.7 Å². The second kappa shape index (κ2) is 8.97. The Morgan fingerprint density at radius 3 is 2.20 bits per heavy atom. The Morgan fingerprint density at radius 1 is 0.933 bits per heavy atom. The number of benzene rings is 2. The van der Waals surface area contributed by atoms with Crippen molar-refractivity contribution in [1.29, 1.82) is 0 Å². The van der Waals surface area contributed by atoms with Crippen molar-refractivity contribution in [3.05, 3.63) is 64.7 Å². The molecule has 1 aliphatic heterocycles. The molecule has 1 saturated heterocycles. The van der Waals surface area contributed by atoms with Crippen LogP contribution in [0.15, 0.2) is 47.4 Å². The summed E-state index contributed by atoms with van der Waals surface area (Å²) in [6.45, 7) is 6.18. The topological polar surface area (TPSA) is 84.0 Å². The van der Waals surface area contributed by atoms with Crippen LogP contribution in [0.25, 0.3) is 0 Å². The summed E-state index contributed by atoms with van der Waals surface area (Å²) in [7, 11) is -3.59. The summed E-state index contributed by atoms with van der Waals surface area (Å²) in [4.78, 5) is 26.5. The van der Waals surface area contributed by atoms with Gasteiger partial charge in [0, 0.05) is 26.2 Å². The van der Waals surface area contributed by atoms with Gasteiger partial charge in [-0.25, -0.2) is 13.2 Å². The zero-order valence-corrected chi connectivity index (χ0v) is 18.2. The second-order valence-electron chi connectivity index (χ2n) is 7.42. The molecule has 2 aromatic carbocycles. The van der Waals surface area contributed by atoms with Crippen LogP contribution in [0.3, 0.4) is 0 Å². The lowest BCUT2D eigenvalue weighted by molar-refractivity contribution is -0.135. The normalized spacial score (nSPS) is 15.1. The SMILES string of the molecule is Cc1ccc(S(=O)(=O)N2CCN(C(=O)COC(=O)c3cccc(C)c3C)CC2)cc1. The second-order valence-corrected chi connectivity index (χ2v) is 9.36. The van der Waals surface area contributed by atoms with Gasteiger partial charge in [0.05, 0.1) is 10.5 Å². The highest BCUT2D eigenvalue weighted by atomic mass is 32.2. The van der Waals surface area contributed by atoms with Gasteiger partial charge in [0.25, 0.3) is 5.91 Å². The lowest BCUT2D eigenvalue weighted by Gasteiger charge is -2.33. The van der Waals surface area contributed by atoms with Crippen molar-refractivity contribution in [3.63, 3.8) is 0 Å². The van der Waals surface area contributed by atoms with Gasteiger partial charge in [-0.3, -0.25) is 4.79 Å². The molecule has 1 fully saturated rings. The third-order valence-electron chi connectivity index (χ3n) is 5.40. The standard InChI is InChI=1S/C22H26N2O5S/c1-16-7-9-19(10-8-16)30(27,28)24-13-11-23(12-14-24)21(25)15-29-22(26)20-6-4-5-17(2)18(20)3/h4-10H,11-15H2,1-3H3. The minimum Gasteiger partial charge on any atom is -0.452 e. The van der Waals surface area contributed by atoms with E-state index in [0.717, 1.165) is 16.7 Å². The molecule has 2 aromatic rings. The number of ether oxygens (including phenoxy) is 1. The Balaban J connectivity index is 1.54. The van der Waals surface area contributed by atoms with E-state index in [1.54, 1.807) is 36.4 Å². The van der Waals surface area contributed by atoms with E-state index in [4.69, 9.17) is 4.74 Å². The minimum absolute atomic E-state index is 0.201. The van der Waals surface area contributed by atoms with Gasteiger partial charge in [-0.2, -0.15) is 4.31 Å². The monoisotopic (exact) mass is 430 g/mol. The summed E-state index contributed by atoms with van der Waals surface area (Å²) >= 11 is 0. The predicted octanol–water partition coefficient (Wildman–Crippen LogP) is 2.30. The van der Waals surface area contributed by atoms with Crippen LogP contribution < -0.4 is 0 Å². The van der Waals surface area contributed by atoms with E-state index in [0.29, 0.717) is 5.56 Å². The molecule has 7 nitrogen and oxygen atoms in total. The molecule has 0 bridgehead atoms. The highest BCUT2D eigenvalue weighted by Gasteiger charge is 2.30. The van der Waals surface area contributed by atoms with Gasteiger partial charge in [0.2, 0.25) is 10.0 Å². The van der Waals surface area contributed by atoms with Crippen molar-refractivity contribution in [3.8, 4) is 0 Å². The number of carbonyl (C=O) groups is 2. The van der Waals surface area contributed by atoms with E-state index in [9.17, 15) is 18.0 Å². The number of aryl methyl sites for hydroxylation is 2. The first-order valence-corrected chi connectivity index (χ1v) is 11.2. The number of sulfonamides is 1. The van der Waals surface area contributed by atoms with Gasteiger partial charge in [-0.1, -0.05) is 29.8 Å². The summed E-state index contributed by atoms with van der Waals surface area (Å²) in [6.07, 6.45) is 0. The zero-order chi connectivity index (χ0) is 21.9. The highest BCUT2D eigenvalue weighted by molar-refractivity contribution is 7.89. The lowest BCUT2D eigenvalue weighted by atomic mass is 10.0. The first-order valence-electron chi connectivity index (χ1n) is 9.78. The molecule has 1 aliphatic rings. The van der Waals surface area contributed by atoms with Crippen LogP contribution in [0.2, 0.25) is 0 Å². The van der Waals surface area contributed by atoms with Gasteiger partial charge in [0.15, 0.2) is 6.61 Å². The Morgan fingerprint density at radius 2 is 1.57 bits per heavy atom. The van der Waals surface area contributed by atoms with Crippen LogP contribution in [0.5, 0.6) is 0 Å². The number of amides is 1. The molecule has 1 heterocycles. The Hall–Kier alpha value is -2.71. The van der Waals surface area contributed by atoms with Crippen molar-refractivity contribution >= 4 is 21.9 Å². The maximum atomic E-state index is 12.8. The van der Waals surface area contributed by atoms with Crippen molar-refractivity contribution in [2.75, 3.05) is 32.8 Å². The van der Waals surface area contributed by atoms with Crippen LogP contribution in [-0.2, 0) is 19.6 Å². The van der Waals surface area contributed by atoms with Crippen LogP contribution in [-0.4, -0.2) is 62.3 Å². The van der Waals surface area contributed by atoms with Gasteiger partial charge in [-0.05, 0) is 50.1 Å². The molecule has 30 heavy (non-hydrogen) atoms. The molecule has 3 rings (SSSR count). The molecule has 1 amide bonds. The van der Waals surface area contributed by atoms with Crippen LogP contribution >= 0.6 is 0 Å². The molecular weight excluding hydrogens is 404 g/mol. The fourth-order valence-corrected chi connectivity index (χ4v) is 4.73. The van der Waals surface area contributed by atoms with E-state index < -0.39 is 16.0 Å². The Labute approximate surface area is 177 Å². The molecule has 0 atom stereocenters. The van der Waals surface area contributed by atoms with Gasteiger partial charge in [0.1, 0.15) is 0 Å². The number of carbonyl (C=O) groups excluding carboxylic acids is 2. The maximum Gasteiger partial charge on any atom is 0.338 e. The number of rotatable bonds is 5. The van der Waals surface area contributed by atoms with E-state index in [-0.39, 0.29) is 43.6 Å². The third kappa shape index (κ3) is 4.71. The third-order valence-corrected chi connectivity index (χ3v) is 7.31. The highest BCUT2D eigenvalue weighted by Crippen LogP contribution is 2.18. The van der Waals surface area contributed by atoms with Crippen molar-refractivity contribution in [2.24, 2.45) is 0 Å². The first kappa shape index (κ1) is 22.0. The van der Waals surface area contributed by atoms with Crippen LogP contribution in [0, 0.1) is 20.8 Å². The molecule has 0 saturated carbocycles. The predicted molar refractivity (Wildman–Crippen MR) is 113 cm³/mol. The number of nitrogens with zero attached hydrogens (tertiary/aromatic N) is 2. The van der Waals surface area contributed by atoms with E-state index in [1.165, 1.54) is 9.21 Å². The van der Waals surface area contributed by atoms with Gasteiger partial charge < -0.3 is 9.64 Å². The fourth-order valence-electron chi connectivity index (χ4n) is 3.31. The summed E-state index contributed by atoms with van der Waals surface area (Å²) in [6, 6.07) is 12.1. The number of piperazine rings is 1. The lowest BCUT2D eigenvalue weighted by Crippen LogP contribution is -2.51. The summed E-state index contributed by atoms with van der Waals surface area (Å²) in [5, 5.41) is 0. The number of hydrogen-bond acceptors (Lipinski definition) is 5. The van der Waals surface area contributed by atoms with E-state index >= 15 is 0 Å². The maximum absolute atomic E-state index is 12.8. The fraction of sp³-hybridized carbons (Fsp3) is 0.364. The zero-order valence-electron chi connectivity index (χ0n) is 17.4. The molecule has 0 aromatic heterocycles. The largest absolute Gasteiger partial charge is 0.452 e. The smallest absolute Gasteiger partial charge is 0.338 e. The van der Waals surface area contributed by atoms with Gasteiger partial charge >= 0.3 is 5.97 Å². The Kier molecular flexibility index (Phi) is 6.58. The summed E-state index contributed by atoms with van der Waals surface area (Å²) in [5.41, 5.74) is 3.23.